The third-order valence-electron chi connectivity index (χ3n) is 9.91. The highest BCUT2D eigenvalue weighted by atomic mass is 35.5. The largest absolute Gasteiger partial charge is 0.490 e. The highest BCUT2D eigenvalue weighted by Crippen LogP contribution is 2.47. The van der Waals surface area contributed by atoms with Crippen molar-refractivity contribution in [2.75, 3.05) is 37.0 Å². The minimum atomic E-state index is -3.57. The van der Waals surface area contributed by atoms with Crippen LogP contribution in [-0.2, 0) is 31.3 Å². The van der Waals surface area contributed by atoms with Crippen molar-refractivity contribution in [1.29, 1.82) is 0 Å². The molecule has 11 heteroatoms. The molecule has 1 saturated carbocycles. The Balaban J connectivity index is 1.25. The number of carbonyl (C=O) groups is 1. The average Bonchev–Trinajstić information content (AvgIpc) is 3.07. The minimum absolute atomic E-state index is 0.0127. The number of sulfonamides is 1. The number of ether oxygens (including phenoxy) is 3. The van der Waals surface area contributed by atoms with Crippen LogP contribution in [0.2, 0.25) is 5.02 Å². The Morgan fingerprint density at radius 3 is 2.79 bits per heavy atom. The maximum Gasteiger partial charge on any atom is 0.335 e. The SMILES string of the molecule is C[C@H]1C[C@@H](OCCS(N)(=O)=O)C[C@H]([C@@H]2CC[C@H]2CN2C[C@@]3(CCCc4cc(Cl)ccc43)COc3ccc(C(=O)O)cc32)O1. The fraction of sp³-hybridized carbons (Fsp3) is 0.594. The minimum Gasteiger partial charge on any atom is -0.490 e. The first kappa shape index (κ1) is 30.6. The number of halogens is 1. The van der Waals surface area contributed by atoms with Crippen LogP contribution in [0.5, 0.6) is 5.75 Å². The van der Waals surface area contributed by atoms with Crippen molar-refractivity contribution in [3.05, 3.63) is 58.1 Å². The van der Waals surface area contributed by atoms with Crippen molar-refractivity contribution >= 4 is 33.3 Å². The van der Waals surface area contributed by atoms with E-state index in [0.717, 1.165) is 68.7 Å². The monoisotopic (exact) mass is 632 g/mol. The second kappa shape index (κ2) is 12.2. The summed E-state index contributed by atoms with van der Waals surface area (Å²) >= 11 is 6.39. The summed E-state index contributed by atoms with van der Waals surface area (Å²) in [5, 5.41) is 15.7. The third-order valence-corrected chi connectivity index (χ3v) is 10.9. The van der Waals surface area contributed by atoms with Crippen LogP contribution in [0.4, 0.5) is 5.69 Å². The molecule has 43 heavy (non-hydrogen) atoms. The molecule has 9 nitrogen and oxygen atoms in total. The van der Waals surface area contributed by atoms with Crippen molar-refractivity contribution in [2.24, 2.45) is 17.0 Å². The lowest BCUT2D eigenvalue weighted by Crippen LogP contribution is -2.51. The molecular weight excluding hydrogens is 592 g/mol. The maximum absolute atomic E-state index is 12.0. The molecule has 0 unspecified atom stereocenters. The Morgan fingerprint density at radius 1 is 1.21 bits per heavy atom. The number of aromatic carboxylic acids is 1. The average molecular weight is 633 g/mol. The van der Waals surface area contributed by atoms with Crippen LogP contribution in [0.3, 0.4) is 0 Å². The number of carboxylic acids is 1. The summed E-state index contributed by atoms with van der Waals surface area (Å²) in [5.41, 5.74) is 3.37. The molecule has 0 amide bonds. The van der Waals surface area contributed by atoms with Crippen LogP contribution >= 0.6 is 11.6 Å². The van der Waals surface area contributed by atoms with Gasteiger partial charge in [0.1, 0.15) is 5.75 Å². The van der Waals surface area contributed by atoms with E-state index in [1.54, 1.807) is 18.2 Å². The molecule has 2 fully saturated rings. The zero-order valence-electron chi connectivity index (χ0n) is 24.5. The first-order valence-corrected chi connectivity index (χ1v) is 17.4. The van der Waals surface area contributed by atoms with E-state index in [2.05, 4.69) is 17.0 Å². The van der Waals surface area contributed by atoms with Crippen LogP contribution in [0.1, 0.15) is 66.9 Å². The normalized spacial score (nSPS) is 30.5. The predicted molar refractivity (Wildman–Crippen MR) is 165 cm³/mol. The van der Waals surface area contributed by atoms with E-state index >= 15 is 0 Å². The van der Waals surface area contributed by atoms with Crippen LogP contribution in [0.15, 0.2) is 36.4 Å². The molecule has 1 saturated heterocycles. The number of carboxylic acid groups (broad SMARTS) is 1. The zero-order valence-corrected chi connectivity index (χ0v) is 26.1. The highest BCUT2D eigenvalue weighted by Gasteiger charge is 2.46. The van der Waals surface area contributed by atoms with Crippen molar-refractivity contribution in [2.45, 2.75) is 75.6 Å². The Bertz CT molecular complexity index is 1470. The van der Waals surface area contributed by atoms with Crippen molar-refractivity contribution < 1.29 is 32.5 Å². The van der Waals surface area contributed by atoms with E-state index < -0.39 is 16.0 Å². The Hall–Kier alpha value is -2.37. The Kier molecular flexibility index (Phi) is 8.69. The number of anilines is 1. The summed E-state index contributed by atoms with van der Waals surface area (Å²) in [6.07, 6.45) is 6.49. The van der Waals surface area contributed by atoms with Gasteiger partial charge in [0.15, 0.2) is 0 Å². The highest BCUT2D eigenvalue weighted by molar-refractivity contribution is 7.89. The predicted octanol–water partition coefficient (Wildman–Crippen LogP) is 4.78. The van der Waals surface area contributed by atoms with Crippen LogP contribution < -0.4 is 14.8 Å². The van der Waals surface area contributed by atoms with Gasteiger partial charge in [-0.05, 0) is 98.7 Å². The number of fused-ring (bicyclic) bond motifs is 3. The van der Waals surface area contributed by atoms with Gasteiger partial charge in [-0.25, -0.2) is 18.4 Å². The summed E-state index contributed by atoms with van der Waals surface area (Å²) in [4.78, 5) is 14.3. The maximum atomic E-state index is 12.0. The van der Waals surface area contributed by atoms with E-state index in [1.165, 1.54) is 11.1 Å². The van der Waals surface area contributed by atoms with E-state index in [9.17, 15) is 18.3 Å². The van der Waals surface area contributed by atoms with E-state index in [0.29, 0.717) is 24.2 Å². The van der Waals surface area contributed by atoms with Gasteiger partial charge in [0.05, 0.1) is 48.5 Å². The zero-order chi connectivity index (χ0) is 30.4. The van der Waals surface area contributed by atoms with Crippen molar-refractivity contribution in [3.63, 3.8) is 0 Å². The number of nitrogens with zero attached hydrogens (tertiary/aromatic N) is 1. The van der Waals surface area contributed by atoms with Gasteiger partial charge in [-0.3, -0.25) is 0 Å². The Labute approximate surface area is 258 Å². The van der Waals surface area contributed by atoms with Crippen LogP contribution in [0, 0.1) is 11.8 Å². The molecule has 2 aromatic carbocycles. The first-order chi connectivity index (χ1) is 20.5. The Morgan fingerprint density at radius 2 is 2.05 bits per heavy atom. The number of rotatable bonds is 8. The molecule has 0 bridgehead atoms. The molecular formula is C32H41ClN2O7S. The molecule has 1 spiro atoms. The molecule has 2 heterocycles. The number of primary sulfonamides is 1. The number of benzene rings is 2. The molecule has 234 valence electrons. The molecule has 3 N–H and O–H groups in total. The number of nitrogens with two attached hydrogens (primary N) is 1. The number of aryl methyl sites for hydroxylation is 1. The lowest BCUT2D eigenvalue weighted by atomic mass is 9.67. The summed E-state index contributed by atoms with van der Waals surface area (Å²) in [6, 6.07) is 11.4. The van der Waals surface area contributed by atoms with Crippen molar-refractivity contribution in [3.8, 4) is 5.75 Å². The second-order valence-electron chi connectivity index (χ2n) is 12.9. The number of hydrogen-bond donors (Lipinski definition) is 2. The topological polar surface area (TPSA) is 128 Å². The fourth-order valence-electron chi connectivity index (χ4n) is 7.72. The number of hydrogen-bond acceptors (Lipinski definition) is 7. The molecule has 0 radical (unpaired) electrons. The van der Waals surface area contributed by atoms with Gasteiger partial charge in [-0.15, -0.1) is 0 Å². The lowest BCUT2D eigenvalue weighted by Gasteiger charge is -2.48. The van der Waals surface area contributed by atoms with Gasteiger partial charge in [0.2, 0.25) is 10.0 Å². The fourth-order valence-corrected chi connectivity index (χ4v) is 8.24. The smallest absolute Gasteiger partial charge is 0.335 e. The standard InChI is InChI=1S/C32H41ClN2O7S/c1-20-13-25(40-11-12-43(34,38)39)16-30(42-20)26-7-4-23(26)17-35-18-32(10-2-3-21-14-24(33)6-8-27(21)32)19-41-29-9-5-22(31(36)37)15-28(29)35/h5-6,8-9,14-15,20,23,25-26,30H,2-4,7,10-13,16-19H2,1H3,(H,36,37)(H2,34,38,39)/t20-,23-,25+,26+,30+,32-/m0/s1. The van der Waals surface area contributed by atoms with Gasteiger partial charge in [0.25, 0.3) is 0 Å². The van der Waals surface area contributed by atoms with E-state index in [4.69, 9.17) is 31.0 Å². The summed E-state index contributed by atoms with van der Waals surface area (Å²) < 4.78 is 41.7. The molecule has 4 aliphatic rings. The van der Waals surface area contributed by atoms with Gasteiger partial charge in [0, 0.05) is 29.9 Å². The van der Waals surface area contributed by atoms with Crippen molar-refractivity contribution in [1.82, 2.24) is 0 Å². The lowest BCUT2D eigenvalue weighted by molar-refractivity contribution is -0.146. The van der Waals surface area contributed by atoms with Gasteiger partial charge in [-0.2, -0.15) is 0 Å². The summed E-state index contributed by atoms with van der Waals surface area (Å²) in [7, 11) is -3.57. The third kappa shape index (κ3) is 6.68. The molecule has 2 aromatic rings. The molecule has 6 rings (SSSR count). The van der Waals surface area contributed by atoms with E-state index in [-0.39, 0.29) is 41.7 Å². The molecule has 2 aliphatic heterocycles. The van der Waals surface area contributed by atoms with Gasteiger partial charge in [-0.1, -0.05) is 17.7 Å². The molecule has 2 aliphatic carbocycles. The second-order valence-corrected chi connectivity index (χ2v) is 15.1. The van der Waals surface area contributed by atoms with Gasteiger partial charge < -0.3 is 24.2 Å². The van der Waals surface area contributed by atoms with E-state index in [1.807, 2.05) is 13.0 Å². The van der Waals surface area contributed by atoms with Crippen LogP contribution in [-0.4, -0.2) is 69.9 Å². The van der Waals surface area contributed by atoms with Gasteiger partial charge >= 0.3 is 5.97 Å². The first-order valence-electron chi connectivity index (χ1n) is 15.3. The summed E-state index contributed by atoms with van der Waals surface area (Å²) in [5.74, 6) is 0.242. The molecule has 0 aromatic heterocycles. The van der Waals surface area contributed by atoms with Crippen LogP contribution in [0.25, 0.3) is 0 Å². The molecule has 6 atom stereocenters. The summed E-state index contributed by atoms with van der Waals surface area (Å²) in [6.45, 7) is 4.14. The quantitative estimate of drug-likeness (QED) is 0.426.